The lowest BCUT2D eigenvalue weighted by Gasteiger charge is -2.05. The second-order valence-corrected chi connectivity index (χ2v) is 7.64. The molecule has 1 N–H and O–H groups in total. The van der Waals surface area contributed by atoms with Crippen LogP contribution < -0.4 is 0 Å². The van der Waals surface area contributed by atoms with Crippen LogP contribution in [0, 0.1) is 5.92 Å². The van der Waals surface area contributed by atoms with Crippen LogP contribution >= 0.6 is 0 Å². The van der Waals surface area contributed by atoms with E-state index in [4.69, 9.17) is 0 Å². The van der Waals surface area contributed by atoms with Gasteiger partial charge in [-0.1, -0.05) is 57.2 Å². The van der Waals surface area contributed by atoms with E-state index in [9.17, 15) is 0 Å². The average Bonchev–Trinajstić information content (AvgIpc) is 3.07. The van der Waals surface area contributed by atoms with Crippen molar-refractivity contribution in [3.8, 4) is 0 Å². The molecule has 27 heavy (non-hydrogen) atoms. The molecule has 1 atom stereocenters. The second kappa shape index (κ2) is 8.43. The van der Waals surface area contributed by atoms with Crippen molar-refractivity contribution in [1.29, 1.82) is 0 Å². The van der Waals surface area contributed by atoms with Gasteiger partial charge in [-0.3, -0.25) is 0 Å². The summed E-state index contributed by atoms with van der Waals surface area (Å²) in [5, 5.41) is 2.54. The topological polar surface area (TPSA) is 15.8 Å². The van der Waals surface area contributed by atoms with Crippen LogP contribution in [0.25, 0.3) is 33.0 Å². The van der Waals surface area contributed by atoms with E-state index < -0.39 is 0 Å². The third-order valence-corrected chi connectivity index (χ3v) is 5.70. The summed E-state index contributed by atoms with van der Waals surface area (Å²) in [6.45, 7) is 13.1. The predicted molar refractivity (Wildman–Crippen MR) is 122 cm³/mol. The maximum absolute atomic E-state index is 4.29. The van der Waals surface area contributed by atoms with Gasteiger partial charge < -0.3 is 4.98 Å². The Hall–Kier alpha value is -2.54. The van der Waals surface area contributed by atoms with E-state index in [-0.39, 0.29) is 0 Å². The summed E-state index contributed by atoms with van der Waals surface area (Å²) in [4.78, 5) is 3.53. The molecule has 0 amide bonds. The SMILES string of the molecule is C=C(C=CCCC(C)CC)c1ccc2[nH]c3ccc(C(C)=CC)cc3c2c1. The average molecular weight is 358 g/mol. The number of fused-ring (bicyclic) bond motifs is 3. The van der Waals surface area contributed by atoms with Gasteiger partial charge in [-0.2, -0.15) is 0 Å². The zero-order valence-electron chi connectivity index (χ0n) is 17.1. The third kappa shape index (κ3) is 4.24. The molecule has 1 aromatic heterocycles. The maximum Gasteiger partial charge on any atom is 0.0465 e. The smallest absolute Gasteiger partial charge is 0.0465 e. The molecule has 0 saturated heterocycles. The summed E-state index contributed by atoms with van der Waals surface area (Å²) in [6, 6.07) is 13.3. The second-order valence-electron chi connectivity index (χ2n) is 7.64. The molecule has 140 valence electrons. The Kier molecular flexibility index (Phi) is 6.01. The number of hydrogen-bond acceptors (Lipinski definition) is 0. The summed E-state index contributed by atoms with van der Waals surface area (Å²) < 4.78 is 0. The van der Waals surface area contributed by atoms with E-state index in [1.165, 1.54) is 51.3 Å². The first kappa shape index (κ1) is 19.2. The van der Waals surface area contributed by atoms with E-state index in [0.29, 0.717) is 0 Å². The number of H-pyrrole nitrogens is 1. The molecule has 3 aromatic rings. The predicted octanol–water partition coefficient (Wildman–Crippen LogP) is 8.14. The van der Waals surface area contributed by atoms with Crippen LogP contribution in [-0.2, 0) is 0 Å². The lowest BCUT2D eigenvalue weighted by molar-refractivity contribution is 0.522. The van der Waals surface area contributed by atoms with Crippen molar-refractivity contribution < 1.29 is 0 Å². The molecule has 1 nitrogen and oxygen atoms in total. The van der Waals surface area contributed by atoms with E-state index in [2.05, 4.69) is 93.9 Å². The molecule has 0 aliphatic heterocycles. The Bertz CT molecular complexity index is 1010. The zero-order chi connectivity index (χ0) is 19.4. The molecule has 0 fully saturated rings. The molecule has 0 bridgehead atoms. The Morgan fingerprint density at radius 2 is 1.70 bits per heavy atom. The number of aromatic amines is 1. The van der Waals surface area contributed by atoms with Gasteiger partial charge in [-0.05, 0) is 79.1 Å². The van der Waals surface area contributed by atoms with Gasteiger partial charge in [0.25, 0.3) is 0 Å². The molecule has 1 heteroatoms. The summed E-state index contributed by atoms with van der Waals surface area (Å²) in [5.41, 5.74) is 7.21. The normalized spacial score (nSPS) is 13.7. The number of benzene rings is 2. The minimum Gasteiger partial charge on any atom is -0.355 e. The van der Waals surface area contributed by atoms with Gasteiger partial charge in [-0.15, -0.1) is 0 Å². The maximum atomic E-state index is 4.29. The van der Waals surface area contributed by atoms with Crippen molar-refractivity contribution in [3.63, 3.8) is 0 Å². The van der Waals surface area contributed by atoms with Crippen molar-refractivity contribution in [3.05, 3.63) is 72.3 Å². The van der Waals surface area contributed by atoms with Gasteiger partial charge in [0, 0.05) is 21.8 Å². The third-order valence-electron chi connectivity index (χ3n) is 5.70. The summed E-state index contributed by atoms with van der Waals surface area (Å²) >= 11 is 0. The summed E-state index contributed by atoms with van der Waals surface area (Å²) in [5.74, 6) is 0.792. The van der Waals surface area contributed by atoms with Crippen molar-refractivity contribution >= 4 is 33.0 Å². The highest BCUT2D eigenvalue weighted by atomic mass is 14.7. The van der Waals surface area contributed by atoms with Gasteiger partial charge in [0.1, 0.15) is 0 Å². The van der Waals surface area contributed by atoms with Gasteiger partial charge in [0.05, 0.1) is 0 Å². The fourth-order valence-electron chi connectivity index (χ4n) is 3.42. The van der Waals surface area contributed by atoms with Crippen LogP contribution in [0.4, 0.5) is 0 Å². The number of allylic oxidation sites excluding steroid dienone is 5. The first-order chi connectivity index (χ1) is 13.0. The molecule has 0 spiro atoms. The van der Waals surface area contributed by atoms with Crippen molar-refractivity contribution in [2.24, 2.45) is 5.92 Å². The minimum absolute atomic E-state index is 0.792. The van der Waals surface area contributed by atoms with Crippen LogP contribution in [0.3, 0.4) is 0 Å². The molecule has 0 radical (unpaired) electrons. The summed E-state index contributed by atoms with van der Waals surface area (Å²) in [6.07, 6.45) is 10.2. The van der Waals surface area contributed by atoms with Gasteiger partial charge in [0.15, 0.2) is 0 Å². The fraction of sp³-hybridized carbons (Fsp3) is 0.308. The molecular formula is C26H31N. The minimum atomic E-state index is 0.792. The van der Waals surface area contributed by atoms with Crippen molar-refractivity contribution in [2.45, 2.75) is 47.0 Å². The molecular weight excluding hydrogens is 326 g/mol. The number of aromatic nitrogens is 1. The van der Waals surface area contributed by atoms with Crippen LogP contribution in [0.2, 0.25) is 0 Å². The first-order valence-corrected chi connectivity index (χ1v) is 10.1. The standard InChI is InChI=1S/C26H31N/c1-6-18(3)10-8-9-11-20(5)22-13-15-26-24(17-22)23-16-21(19(4)7-2)12-14-25(23)27-26/h7,9,11-18,27H,5-6,8,10H2,1-4H3. The molecule has 1 unspecified atom stereocenters. The van der Waals surface area contributed by atoms with Crippen LogP contribution in [-0.4, -0.2) is 4.98 Å². The molecule has 3 rings (SSSR count). The van der Waals surface area contributed by atoms with Gasteiger partial charge in [0.2, 0.25) is 0 Å². The van der Waals surface area contributed by atoms with E-state index in [1.807, 2.05) is 0 Å². The van der Waals surface area contributed by atoms with Gasteiger partial charge >= 0.3 is 0 Å². The molecule has 2 aromatic carbocycles. The Morgan fingerprint density at radius 3 is 2.33 bits per heavy atom. The van der Waals surface area contributed by atoms with Gasteiger partial charge in [-0.25, -0.2) is 0 Å². The summed E-state index contributed by atoms with van der Waals surface area (Å²) in [7, 11) is 0. The monoisotopic (exact) mass is 357 g/mol. The Morgan fingerprint density at radius 1 is 1.07 bits per heavy atom. The molecule has 0 saturated carbocycles. The highest BCUT2D eigenvalue weighted by Crippen LogP contribution is 2.30. The largest absolute Gasteiger partial charge is 0.355 e. The number of nitrogens with one attached hydrogen (secondary N) is 1. The number of hydrogen-bond donors (Lipinski definition) is 1. The van der Waals surface area contributed by atoms with Crippen molar-refractivity contribution in [2.75, 3.05) is 0 Å². The first-order valence-electron chi connectivity index (χ1n) is 10.1. The number of rotatable bonds is 7. The highest BCUT2D eigenvalue weighted by molar-refractivity contribution is 6.09. The zero-order valence-corrected chi connectivity index (χ0v) is 17.1. The van der Waals surface area contributed by atoms with E-state index in [0.717, 1.165) is 17.9 Å². The lowest BCUT2D eigenvalue weighted by Crippen LogP contribution is -1.89. The highest BCUT2D eigenvalue weighted by Gasteiger charge is 2.07. The molecule has 0 aliphatic rings. The Balaban J connectivity index is 1.90. The molecule has 0 aliphatic carbocycles. The fourth-order valence-corrected chi connectivity index (χ4v) is 3.42. The van der Waals surface area contributed by atoms with Crippen LogP contribution in [0.15, 0.2) is 61.2 Å². The molecule has 1 heterocycles. The van der Waals surface area contributed by atoms with Crippen molar-refractivity contribution in [1.82, 2.24) is 4.98 Å². The van der Waals surface area contributed by atoms with Crippen LogP contribution in [0.1, 0.15) is 58.1 Å². The van der Waals surface area contributed by atoms with Crippen LogP contribution in [0.5, 0.6) is 0 Å². The van der Waals surface area contributed by atoms with E-state index in [1.54, 1.807) is 0 Å². The quantitative estimate of drug-likeness (QED) is 0.411. The van der Waals surface area contributed by atoms with E-state index >= 15 is 0 Å². The lowest BCUT2D eigenvalue weighted by atomic mass is 10.00. The Labute approximate surface area is 163 Å².